The lowest BCUT2D eigenvalue weighted by Gasteiger charge is -2.32. The van der Waals surface area contributed by atoms with Crippen molar-refractivity contribution in [2.24, 2.45) is 5.73 Å². The molecule has 0 aromatic heterocycles. The molecule has 1 aliphatic rings. The van der Waals surface area contributed by atoms with Gasteiger partial charge in [-0.3, -0.25) is 9.69 Å². The molecule has 12 heavy (non-hydrogen) atoms. The molecule has 1 saturated heterocycles. The molecule has 0 aliphatic carbocycles. The fourth-order valence-electron chi connectivity index (χ4n) is 1.69. The Balaban J connectivity index is 2.48. The highest BCUT2D eigenvalue weighted by Gasteiger charge is 2.25. The van der Waals surface area contributed by atoms with E-state index in [1.54, 1.807) is 0 Å². The molecule has 0 spiro atoms. The zero-order valence-electron chi connectivity index (χ0n) is 7.62. The van der Waals surface area contributed by atoms with Crippen molar-refractivity contribution in [1.29, 1.82) is 0 Å². The molecule has 0 aromatic rings. The van der Waals surface area contributed by atoms with Gasteiger partial charge in [0.05, 0.1) is 6.04 Å². The lowest BCUT2D eigenvalue weighted by molar-refractivity contribution is -0.123. The highest BCUT2D eigenvalue weighted by atomic mass is 16.1. The first kappa shape index (κ1) is 9.52. The zero-order valence-corrected chi connectivity index (χ0v) is 7.62. The molecular formula is C9H17N2O. The average Bonchev–Trinajstić information content (AvgIpc) is 2.05. The molecule has 0 aromatic carbocycles. The van der Waals surface area contributed by atoms with Gasteiger partial charge in [-0.2, -0.15) is 0 Å². The number of hydrogen-bond donors (Lipinski definition) is 1. The Hall–Kier alpha value is -0.570. The molecule has 1 aliphatic heterocycles. The number of hydrogen-bond acceptors (Lipinski definition) is 2. The minimum Gasteiger partial charge on any atom is -0.368 e. The third kappa shape index (κ3) is 2.21. The summed E-state index contributed by atoms with van der Waals surface area (Å²) in [6, 6.07) is -0.0429. The third-order valence-electron chi connectivity index (χ3n) is 2.29. The van der Waals surface area contributed by atoms with Gasteiger partial charge in [-0.25, -0.2) is 0 Å². The first-order chi connectivity index (χ1) is 5.75. The van der Waals surface area contributed by atoms with Gasteiger partial charge < -0.3 is 5.73 Å². The average molecular weight is 169 g/mol. The first-order valence-corrected chi connectivity index (χ1v) is 4.60. The smallest absolute Gasteiger partial charge is 0.234 e. The lowest BCUT2D eigenvalue weighted by atomic mass is 10.0. The molecule has 1 fully saturated rings. The second kappa shape index (κ2) is 4.45. The maximum Gasteiger partial charge on any atom is 0.234 e. The first-order valence-electron chi connectivity index (χ1n) is 4.60. The summed E-state index contributed by atoms with van der Waals surface area (Å²) in [7, 11) is 0. The number of likely N-dealkylation sites (tertiary alicyclic amines) is 1. The van der Waals surface area contributed by atoms with E-state index in [2.05, 4.69) is 18.2 Å². The van der Waals surface area contributed by atoms with E-state index < -0.39 is 0 Å². The predicted octanol–water partition coefficient (Wildman–Crippen LogP) is 0.550. The lowest BCUT2D eigenvalue weighted by Crippen LogP contribution is -2.47. The number of primary amides is 1. The van der Waals surface area contributed by atoms with E-state index in [9.17, 15) is 4.79 Å². The Labute approximate surface area is 73.9 Å². The second-order valence-corrected chi connectivity index (χ2v) is 3.27. The van der Waals surface area contributed by atoms with Gasteiger partial charge in [-0.15, -0.1) is 0 Å². The van der Waals surface area contributed by atoms with E-state index >= 15 is 0 Å². The van der Waals surface area contributed by atoms with Crippen LogP contribution in [0.2, 0.25) is 0 Å². The molecule has 1 radical (unpaired) electrons. The Kier molecular flexibility index (Phi) is 3.53. The van der Waals surface area contributed by atoms with Crippen molar-refractivity contribution in [3.63, 3.8) is 0 Å². The SMILES string of the molecule is CCCN1CC[CH]CC1C(N)=O. The molecule has 1 amide bonds. The number of carbonyl (C=O) groups excluding carboxylic acids is 1. The van der Waals surface area contributed by atoms with E-state index in [0.717, 1.165) is 32.4 Å². The monoisotopic (exact) mass is 169 g/mol. The van der Waals surface area contributed by atoms with Crippen LogP contribution in [-0.4, -0.2) is 29.9 Å². The quantitative estimate of drug-likeness (QED) is 0.670. The predicted molar refractivity (Wildman–Crippen MR) is 48.4 cm³/mol. The molecule has 2 N–H and O–H groups in total. The van der Waals surface area contributed by atoms with E-state index in [4.69, 9.17) is 5.73 Å². The molecule has 0 bridgehead atoms. The van der Waals surface area contributed by atoms with E-state index in [1.165, 1.54) is 0 Å². The van der Waals surface area contributed by atoms with Crippen molar-refractivity contribution in [2.75, 3.05) is 13.1 Å². The van der Waals surface area contributed by atoms with Gasteiger partial charge in [-0.1, -0.05) is 6.92 Å². The summed E-state index contributed by atoms with van der Waals surface area (Å²) in [5.74, 6) is -0.181. The van der Waals surface area contributed by atoms with Gasteiger partial charge in [0, 0.05) is 0 Å². The van der Waals surface area contributed by atoms with Crippen molar-refractivity contribution in [3.05, 3.63) is 6.42 Å². The minimum absolute atomic E-state index is 0.0429. The maximum absolute atomic E-state index is 11.0. The highest BCUT2D eigenvalue weighted by molar-refractivity contribution is 5.80. The number of nitrogens with zero attached hydrogens (tertiary/aromatic N) is 1. The van der Waals surface area contributed by atoms with Crippen molar-refractivity contribution in [1.82, 2.24) is 4.90 Å². The Morgan fingerprint density at radius 2 is 2.50 bits per heavy atom. The van der Waals surface area contributed by atoms with Crippen molar-refractivity contribution >= 4 is 5.91 Å². The van der Waals surface area contributed by atoms with Gasteiger partial charge in [0.1, 0.15) is 0 Å². The van der Waals surface area contributed by atoms with Gasteiger partial charge in [0.2, 0.25) is 5.91 Å². The van der Waals surface area contributed by atoms with Gasteiger partial charge in [0.15, 0.2) is 0 Å². The van der Waals surface area contributed by atoms with Crippen LogP contribution in [0, 0.1) is 6.42 Å². The summed E-state index contributed by atoms with van der Waals surface area (Å²) < 4.78 is 0. The molecule has 1 unspecified atom stereocenters. The topological polar surface area (TPSA) is 46.3 Å². The molecule has 3 heteroatoms. The molecule has 69 valence electrons. The van der Waals surface area contributed by atoms with Crippen LogP contribution in [0.25, 0.3) is 0 Å². The van der Waals surface area contributed by atoms with Crippen LogP contribution in [0.4, 0.5) is 0 Å². The van der Waals surface area contributed by atoms with Crippen molar-refractivity contribution < 1.29 is 4.79 Å². The van der Waals surface area contributed by atoms with Crippen molar-refractivity contribution in [3.8, 4) is 0 Å². The summed E-state index contributed by atoms with van der Waals surface area (Å²) in [6.07, 6.45) is 5.16. The number of rotatable bonds is 3. The largest absolute Gasteiger partial charge is 0.368 e. The van der Waals surface area contributed by atoms with Crippen LogP contribution in [0.1, 0.15) is 26.2 Å². The fourth-order valence-corrected chi connectivity index (χ4v) is 1.69. The Morgan fingerprint density at radius 1 is 1.75 bits per heavy atom. The summed E-state index contributed by atoms with van der Waals surface area (Å²) in [5, 5.41) is 0. The normalized spacial score (nSPS) is 25.6. The van der Waals surface area contributed by atoms with E-state index in [-0.39, 0.29) is 11.9 Å². The van der Waals surface area contributed by atoms with Gasteiger partial charge in [0.25, 0.3) is 0 Å². The van der Waals surface area contributed by atoms with E-state index in [0.29, 0.717) is 0 Å². The summed E-state index contributed by atoms with van der Waals surface area (Å²) in [4.78, 5) is 13.2. The van der Waals surface area contributed by atoms with Crippen molar-refractivity contribution in [2.45, 2.75) is 32.2 Å². The highest BCUT2D eigenvalue weighted by Crippen LogP contribution is 2.15. The minimum atomic E-state index is -0.181. The maximum atomic E-state index is 11.0. The fraction of sp³-hybridized carbons (Fsp3) is 0.778. The molecular weight excluding hydrogens is 152 g/mol. The molecule has 1 rings (SSSR count). The third-order valence-corrected chi connectivity index (χ3v) is 2.29. The number of nitrogens with two attached hydrogens (primary N) is 1. The molecule has 3 nitrogen and oxygen atoms in total. The van der Waals surface area contributed by atoms with E-state index in [1.807, 2.05) is 0 Å². The van der Waals surface area contributed by atoms with Gasteiger partial charge in [-0.05, 0) is 38.8 Å². The molecule has 1 heterocycles. The van der Waals surface area contributed by atoms with Crippen LogP contribution in [0.3, 0.4) is 0 Å². The standard InChI is InChI=1S/C9H17N2O/c1-2-6-11-7-4-3-5-8(11)9(10)12/h3,8H,2,4-7H2,1H3,(H2,10,12). The molecule has 0 saturated carbocycles. The van der Waals surface area contributed by atoms with Gasteiger partial charge >= 0.3 is 0 Å². The van der Waals surface area contributed by atoms with Crippen LogP contribution in [0.15, 0.2) is 0 Å². The number of piperidine rings is 1. The van der Waals surface area contributed by atoms with Crippen LogP contribution >= 0.6 is 0 Å². The Morgan fingerprint density at radius 3 is 3.08 bits per heavy atom. The summed E-state index contributed by atoms with van der Waals surface area (Å²) in [5.41, 5.74) is 5.29. The van der Waals surface area contributed by atoms with Crippen LogP contribution in [0.5, 0.6) is 0 Å². The summed E-state index contributed by atoms with van der Waals surface area (Å²) >= 11 is 0. The molecule has 1 atom stereocenters. The zero-order chi connectivity index (χ0) is 8.97. The van der Waals surface area contributed by atoms with Crippen LogP contribution in [-0.2, 0) is 4.79 Å². The number of carbonyl (C=O) groups is 1. The van der Waals surface area contributed by atoms with Crippen LogP contribution < -0.4 is 5.73 Å². The summed E-state index contributed by atoms with van der Waals surface area (Å²) in [6.45, 7) is 4.10. The number of amides is 1. The second-order valence-electron chi connectivity index (χ2n) is 3.27. The Bertz CT molecular complexity index is 157.